The van der Waals surface area contributed by atoms with Crippen LogP contribution in [0.15, 0.2) is 39.9 Å². The van der Waals surface area contributed by atoms with Gasteiger partial charge in [-0.05, 0) is 56.3 Å². The van der Waals surface area contributed by atoms with Crippen LogP contribution >= 0.6 is 11.3 Å². The molecule has 8 nitrogen and oxygen atoms in total. The number of carbonyl (C=O) groups excluding carboxylic acids is 2. The van der Waals surface area contributed by atoms with Crippen molar-refractivity contribution < 1.29 is 27.5 Å². The fraction of sp³-hybridized carbons (Fsp3) is 0.364. The third-order valence-electron chi connectivity index (χ3n) is 5.53. The van der Waals surface area contributed by atoms with E-state index in [0.29, 0.717) is 39.4 Å². The van der Waals surface area contributed by atoms with Gasteiger partial charge in [-0.3, -0.25) is 4.79 Å². The van der Waals surface area contributed by atoms with Crippen molar-refractivity contribution in [2.24, 2.45) is 5.92 Å². The standard InChI is InChI=1S/C22H24N2O6S2/c1-3-29-22(26)20-14(2)23-18-7-6-16(13-17(18)20)30-21(25)15-8-10-24(11-9-15)32(27,28)19-5-4-12-31-19/h4-7,12-13,15,23H,3,8-11H2,1-2H3. The number of aromatic nitrogens is 1. The van der Waals surface area contributed by atoms with Crippen LogP contribution in [0.3, 0.4) is 0 Å². The zero-order valence-electron chi connectivity index (χ0n) is 17.8. The number of nitrogens with one attached hydrogen (secondary N) is 1. The molecule has 0 radical (unpaired) electrons. The lowest BCUT2D eigenvalue weighted by Gasteiger charge is -2.29. The van der Waals surface area contributed by atoms with E-state index < -0.39 is 27.9 Å². The zero-order valence-corrected chi connectivity index (χ0v) is 19.4. The first-order valence-corrected chi connectivity index (χ1v) is 12.7. The summed E-state index contributed by atoms with van der Waals surface area (Å²) in [5, 5.41) is 2.36. The number of aromatic amines is 1. The molecule has 0 unspecified atom stereocenters. The van der Waals surface area contributed by atoms with Crippen LogP contribution in [0.1, 0.15) is 35.8 Å². The smallest absolute Gasteiger partial charge is 0.340 e. The maximum absolute atomic E-state index is 12.7. The molecule has 1 saturated heterocycles. The van der Waals surface area contributed by atoms with E-state index in [0.717, 1.165) is 5.52 Å². The fourth-order valence-corrected chi connectivity index (χ4v) is 6.52. The van der Waals surface area contributed by atoms with Crippen LogP contribution < -0.4 is 4.74 Å². The highest BCUT2D eigenvalue weighted by atomic mass is 32.2. The third kappa shape index (κ3) is 4.30. The van der Waals surface area contributed by atoms with Crippen molar-refractivity contribution in [3.63, 3.8) is 0 Å². The van der Waals surface area contributed by atoms with Gasteiger partial charge in [0.1, 0.15) is 9.96 Å². The van der Waals surface area contributed by atoms with Crippen molar-refractivity contribution in [2.45, 2.75) is 30.9 Å². The fourth-order valence-electron chi connectivity index (χ4n) is 3.90. The molecule has 1 aliphatic rings. The Labute approximate surface area is 190 Å². The molecule has 1 aromatic carbocycles. The third-order valence-corrected chi connectivity index (χ3v) is 8.80. The molecule has 1 aliphatic heterocycles. The second kappa shape index (κ2) is 9.05. The predicted molar refractivity (Wildman–Crippen MR) is 120 cm³/mol. The number of fused-ring (bicyclic) bond motifs is 1. The van der Waals surface area contributed by atoms with Crippen molar-refractivity contribution in [3.8, 4) is 5.75 Å². The molecule has 3 aromatic rings. The van der Waals surface area contributed by atoms with E-state index in [1.54, 1.807) is 49.6 Å². The molecule has 0 bridgehead atoms. The molecule has 170 valence electrons. The largest absolute Gasteiger partial charge is 0.462 e. The van der Waals surface area contributed by atoms with Gasteiger partial charge < -0.3 is 14.5 Å². The summed E-state index contributed by atoms with van der Waals surface area (Å²) in [5.74, 6) is -0.889. The maximum atomic E-state index is 12.7. The topological polar surface area (TPSA) is 106 Å². The van der Waals surface area contributed by atoms with Crippen LogP contribution in [0.5, 0.6) is 5.75 Å². The monoisotopic (exact) mass is 476 g/mol. The summed E-state index contributed by atoms with van der Waals surface area (Å²) in [7, 11) is -3.51. The highest BCUT2D eigenvalue weighted by Gasteiger charge is 2.33. The van der Waals surface area contributed by atoms with Crippen LogP contribution in [0.2, 0.25) is 0 Å². The second-order valence-electron chi connectivity index (χ2n) is 7.58. The van der Waals surface area contributed by atoms with Crippen LogP contribution in [0, 0.1) is 12.8 Å². The van der Waals surface area contributed by atoms with Crippen molar-refractivity contribution in [2.75, 3.05) is 19.7 Å². The Bertz CT molecular complexity index is 1240. The van der Waals surface area contributed by atoms with Crippen molar-refractivity contribution in [3.05, 3.63) is 47.0 Å². The van der Waals surface area contributed by atoms with Crippen LogP contribution in [-0.4, -0.2) is 49.3 Å². The predicted octanol–water partition coefficient (Wildman–Crippen LogP) is 3.72. The summed E-state index contributed by atoms with van der Waals surface area (Å²) in [6.07, 6.45) is 0.784. The van der Waals surface area contributed by atoms with E-state index in [9.17, 15) is 18.0 Å². The summed E-state index contributed by atoms with van der Waals surface area (Å²) >= 11 is 1.18. The molecule has 32 heavy (non-hydrogen) atoms. The van der Waals surface area contributed by atoms with Gasteiger partial charge in [-0.15, -0.1) is 11.3 Å². The van der Waals surface area contributed by atoms with Gasteiger partial charge in [0, 0.05) is 29.7 Å². The average molecular weight is 477 g/mol. The number of H-pyrrole nitrogens is 1. The van der Waals surface area contributed by atoms with E-state index in [1.165, 1.54) is 15.6 Å². The number of benzene rings is 1. The lowest BCUT2D eigenvalue weighted by Crippen LogP contribution is -2.40. The van der Waals surface area contributed by atoms with E-state index in [-0.39, 0.29) is 19.7 Å². The van der Waals surface area contributed by atoms with Gasteiger partial charge in [-0.2, -0.15) is 4.31 Å². The SMILES string of the molecule is CCOC(=O)c1c(C)[nH]c2ccc(OC(=O)C3CCN(S(=O)(=O)c4cccs4)CC3)cc12. The molecule has 10 heteroatoms. The lowest BCUT2D eigenvalue weighted by molar-refractivity contribution is -0.140. The Kier molecular flexibility index (Phi) is 6.36. The molecule has 4 rings (SSSR count). The Morgan fingerprint density at radius 2 is 1.97 bits per heavy atom. The molecule has 1 N–H and O–H groups in total. The normalized spacial score (nSPS) is 15.7. The van der Waals surface area contributed by atoms with Crippen LogP contribution in [0.25, 0.3) is 10.9 Å². The number of hydrogen-bond acceptors (Lipinski definition) is 7. The number of sulfonamides is 1. The van der Waals surface area contributed by atoms with E-state index in [2.05, 4.69) is 4.98 Å². The summed E-state index contributed by atoms with van der Waals surface area (Å²) in [5.41, 5.74) is 1.85. The molecule has 2 aromatic heterocycles. The lowest BCUT2D eigenvalue weighted by atomic mass is 9.98. The van der Waals surface area contributed by atoms with Crippen molar-refractivity contribution in [1.29, 1.82) is 0 Å². The highest BCUT2D eigenvalue weighted by molar-refractivity contribution is 7.91. The minimum absolute atomic E-state index is 0.264. The average Bonchev–Trinajstić information content (AvgIpc) is 3.42. The quantitative estimate of drug-likeness (QED) is 0.429. The van der Waals surface area contributed by atoms with Crippen molar-refractivity contribution in [1.82, 2.24) is 9.29 Å². The first kappa shape index (κ1) is 22.5. The van der Waals surface area contributed by atoms with Gasteiger partial charge in [0.25, 0.3) is 10.0 Å². The molecule has 0 atom stereocenters. The van der Waals surface area contributed by atoms with Gasteiger partial charge in [0.2, 0.25) is 0 Å². The summed E-state index contributed by atoms with van der Waals surface area (Å²) in [6.45, 7) is 4.33. The molecule has 0 saturated carbocycles. The number of nitrogens with zero attached hydrogens (tertiary/aromatic N) is 1. The number of carbonyl (C=O) groups is 2. The summed E-state index contributed by atoms with van der Waals surface area (Å²) < 4.78 is 37.8. The molecule has 0 amide bonds. The Morgan fingerprint density at radius 3 is 2.62 bits per heavy atom. The second-order valence-corrected chi connectivity index (χ2v) is 10.7. The minimum Gasteiger partial charge on any atom is -0.462 e. The number of hydrogen-bond donors (Lipinski definition) is 1. The highest BCUT2D eigenvalue weighted by Crippen LogP contribution is 2.30. The van der Waals surface area contributed by atoms with Crippen LogP contribution in [0.4, 0.5) is 0 Å². The Hall–Kier alpha value is -2.69. The Balaban J connectivity index is 1.44. The number of ether oxygens (including phenoxy) is 2. The maximum Gasteiger partial charge on any atom is 0.340 e. The molecule has 1 fully saturated rings. The molecule has 0 spiro atoms. The van der Waals surface area contributed by atoms with Gasteiger partial charge in [0.15, 0.2) is 0 Å². The Morgan fingerprint density at radius 1 is 1.22 bits per heavy atom. The van der Waals surface area contributed by atoms with Gasteiger partial charge in [-0.1, -0.05) is 6.07 Å². The first-order valence-electron chi connectivity index (χ1n) is 10.4. The van der Waals surface area contributed by atoms with Crippen molar-refractivity contribution >= 4 is 44.2 Å². The molecular formula is C22H24N2O6S2. The number of aryl methyl sites for hydroxylation is 1. The van der Waals surface area contributed by atoms with E-state index in [4.69, 9.17) is 9.47 Å². The number of piperidine rings is 1. The van der Waals surface area contributed by atoms with Gasteiger partial charge in [-0.25, -0.2) is 13.2 Å². The molecule has 3 heterocycles. The number of rotatable bonds is 6. The van der Waals surface area contributed by atoms with E-state index in [1.807, 2.05) is 0 Å². The number of thiophene rings is 1. The van der Waals surface area contributed by atoms with Crippen LogP contribution in [-0.2, 0) is 19.6 Å². The summed E-state index contributed by atoms with van der Waals surface area (Å²) in [4.78, 5) is 28.2. The van der Waals surface area contributed by atoms with Gasteiger partial charge >= 0.3 is 11.9 Å². The minimum atomic E-state index is -3.51. The van der Waals surface area contributed by atoms with Gasteiger partial charge in [0.05, 0.1) is 18.1 Å². The summed E-state index contributed by atoms with van der Waals surface area (Å²) in [6, 6.07) is 8.37. The molecule has 0 aliphatic carbocycles. The zero-order chi connectivity index (χ0) is 22.9. The van der Waals surface area contributed by atoms with E-state index >= 15 is 0 Å². The molecular weight excluding hydrogens is 452 g/mol. The number of esters is 2. The first-order chi connectivity index (χ1) is 15.3.